The van der Waals surface area contributed by atoms with Crippen LogP contribution >= 0.6 is 0 Å². The van der Waals surface area contributed by atoms with Crippen LogP contribution in [-0.2, 0) is 6.42 Å². The highest BCUT2D eigenvalue weighted by atomic mass is 16.2. The zero-order valence-corrected chi connectivity index (χ0v) is 14.7. The quantitative estimate of drug-likeness (QED) is 0.889. The Morgan fingerprint density at radius 2 is 2.28 bits per heavy atom. The lowest BCUT2D eigenvalue weighted by atomic mass is 10.0. The second kappa shape index (κ2) is 8.02. The van der Waals surface area contributed by atoms with Crippen LogP contribution < -0.4 is 10.2 Å². The van der Waals surface area contributed by atoms with E-state index in [9.17, 15) is 4.79 Å². The monoisotopic (exact) mass is 340 g/mol. The molecule has 0 bridgehead atoms. The largest absolute Gasteiger partial charge is 0.363 e. The lowest BCUT2D eigenvalue weighted by molar-refractivity contribution is 0.0746. The van der Waals surface area contributed by atoms with Gasteiger partial charge in [0.1, 0.15) is 12.1 Å². The van der Waals surface area contributed by atoms with Crippen molar-refractivity contribution in [1.82, 2.24) is 25.2 Å². The van der Waals surface area contributed by atoms with E-state index in [1.165, 1.54) is 0 Å². The first-order valence-electron chi connectivity index (χ1n) is 8.52. The number of carbonyl (C=O) groups excluding carboxylic acids is 1. The van der Waals surface area contributed by atoms with Gasteiger partial charge in [0.2, 0.25) is 0 Å². The summed E-state index contributed by atoms with van der Waals surface area (Å²) in [6, 6.07) is 5.62. The Morgan fingerprint density at radius 1 is 1.40 bits per heavy atom. The summed E-state index contributed by atoms with van der Waals surface area (Å²) in [5.74, 6) is 1.25. The number of hydrogen-bond acceptors (Lipinski definition) is 6. The van der Waals surface area contributed by atoms with Crippen LogP contribution in [0.25, 0.3) is 0 Å². The third-order valence-corrected chi connectivity index (χ3v) is 4.33. The minimum Gasteiger partial charge on any atom is -0.363 e. The molecular formula is C18H24N6O. The summed E-state index contributed by atoms with van der Waals surface area (Å²) in [5.41, 5.74) is 1.64. The molecule has 1 saturated heterocycles. The molecule has 7 nitrogen and oxygen atoms in total. The minimum absolute atomic E-state index is 0.0402. The van der Waals surface area contributed by atoms with Crippen molar-refractivity contribution < 1.29 is 4.79 Å². The lowest BCUT2D eigenvalue weighted by Gasteiger charge is -2.24. The van der Waals surface area contributed by atoms with Gasteiger partial charge in [-0.1, -0.05) is 0 Å². The van der Waals surface area contributed by atoms with Crippen molar-refractivity contribution in [3.8, 4) is 0 Å². The van der Waals surface area contributed by atoms with Crippen molar-refractivity contribution in [3.05, 3.63) is 48.2 Å². The second-order valence-corrected chi connectivity index (χ2v) is 6.53. The van der Waals surface area contributed by atoms with Gasteiger partial charge < -0.3 is 15.1 Å². The normalized spacial score (nSPS) is 17.8. The summed E-state index contributed by atoms with van der Waals surface area (Å²) in [7, 11) is 3.93. The van der Waals surface area contributed by atoms with Crippen LogP contribution in [0.3, 0.4) is 0 Å². The Bertz CT molecular complexity index is 706. The highest BCUT2D eigenvalue weighted by Crippen LogP contribution is 2.15. The minimum atomic E-state index is 0.0402. The zero-order chi connectivity index (χ0) is 17.6. The van der Waals surface area contributed by atoms with Gasteiger partial charge in [-0.25, -0.2) is 9.97 Å². The van der Waals surface area contributed by atoms with E-state index in [2.05, 4.69) is 20.3 Å². The van der Waals surface area contributed by atoms with Crippen LogP contribution in [0.4, 0.5) is 5.82 Å². The topological polar surface area (TPSA) is 74.2 Å². The van der Waals surface area contributed by atoms with Gasteiger partial charge in [0.25, 0.3) is 5.91 Å². The molecule has 0 aliphatic carbocycles. The first kappa shape index (κ1) is 17.3. The van der Waals surface area contributed by atoms with E-state index in [1.807, 2.05) is 36.0 Å². The lowest BCUT2D eigenvalue weighted by Crippen LogP contribution is -2.36. The Morgan fingerprint density at radius 3 is 3.04 bits per heavy atom. The molecule has 2 aromatic rings. The molecule has 0 radical (unpaired) electrons. The molecule has 25 heavy (non-hydrogen) atoms. The maximum atomic E-state index is 12.7. The van der Waals surface area contributed by atoms with Crippen LogP contribution in [-0.4, -0.2) is 66.0 Å². The van der Waals surface area contributed by atoms with E-state index in [-0.39, 0.29) is 5.91 Å². The predicted octanol–water partition coefficient (Wildman–Crippen LogP) is 0.842. The molecule has 1 aliphatic heterocycles. The van der Waals surface area contributed by atoms with Crippen LogP contribution in [0.2, 0.25) is 0 Å². The van der Waals surface area contributed by atoms with Gasteiger partial charge in [-0.05, 0) is 24.5 Å². The molecule has 0 spiro atoms. The number of nitrogens with one attached hydrogen (secondary N) is 1. The van der Waals surface area contributed by atoms with Crippen molar-refractivity contribution in [2.75, 3.05) is 45.2 Å². The van der Waals surface area contributed by atoms with Crippen LogP contribution in [0, 0.1) is 5.92 Å². The second-order valence-electron chi connectivity index (χ2n) is 6.53. The average molecular weight is 340 g/mol. The van der Waals surface area contributed by atoms with E-state index < -0.39 is 0 Å². The Hall–Kier alpha value is -2.54. The molecule has 3 heterocycles. The summed E-state index contributed by atoms with van der Waals surface area (Å²) in [6.45, 7) is 3.09. The van der Waals surface area contributed by atoms with Crippen LogP contribution in [0.1, 0.15) is 16.1 Å². The summed E-state index contributed by atoms with van der Waals surface area (Å²) in [5, 5.41) is 3.43. The molecule has 3 rings (SSSR count). The van der Waals surface area contributed by atoms with Gasteiger partial charge in [-0.15, -0.1) is 0 Å². The van der Waals surface area contributed by atoms with Crippen molar-refractivity contribution in [1.29, 1.82) is 0 Å². The van der Waals surface area contributed by atoms with E-state index >= 15 is 0 Å². The van der Waals surface area contributed by atoms with Crippen LogP contribution in [0.15, 0.2) is 36.9 Å². The number of nitrogens with zero attached hydrogens (tertiary/aromatic N) is 5. The molecule has 1 N–H and O–H groups in total. The molecule has 1 fully saturated rings. The van der Waals surface area contributed by atoms with Crippen molar-refractivity contribution >= 4 is 11.7 Å². The Kier molecular flexibility index (Phi) is 5.55. The first-order chi connectivity index (χ1) is 12.1. The van der Waals surface area contributed by atoms with Crippen molar-refractivity contribution in [2.24, 2.45) is 5.92 Å². The molecule has 7 heteroatoms. The molecule has 1 aliphatic rings. The number of rotatable bonds is 4. The van der Waals surface area contributed by atoms with E-state index in [0.717, 1.165) is 31.0 Å². The third-order valence-electron chi connectivity index (χ3n) is 4.33. The van der Waals surface area contributed by atoms with E-state index in [4.69, 9.17) is 0 Å². The van der Waals surface area contributed by atoms with Crippen molar-refractivity contribution in [2.45, 2.75) is 6.42 Å². The van der Waals surface area contributed by atoms with Gasteiger partial charge in [-0.3, -0.25) is 9.78 Å². The summed E-state index contributed by atoms with van der Waals surface area (Å²) >= 11 is 0. The molecule has 1 amide bonds. The summed E-state index contributed by atoms with van der Waals surface area (Å²) < 4.78 is 0. The fourth-order valence-electron chi connectivity index (χ4n) is 3.02. The van der Waals surface area contributed by atoms with E-state index in [1.54, 1.807) is 24.8 Å². The van der Waals surface area contributed by atoms with Gasteiger partial charge in [0.05, 0.1) is 5.56 Å². The van der Waals surface area contributed by atoms with Gasteiger partial charge >= 0.3 is 0 Å². The first-order valence-corrected chi connectivity index (χ1v) is 8.52. The average Bonchev–Trinajstić information content (AvgIpc) is 2.87. The predicted molar refractivity (Wildman–Crippen MR) is 96.6 cm³/mol. The summed E-state index contributed by atoms with van der Waals surface area (Å²) in [4.78, 5) is 29.3. The van der Waals surface area contributed by atoms with E-state index in [0.29, 0.717) is 24.6 Å². The molecule has 0 unspecified atom stereocenters. The fraction of sp³-hybridized carbons (Fsp3) is 0.444. The molecule has 2 aromatic heterocycles. The van der Waals surface area contributed by atoms with Gasteiger partial charge in [0.15, 0.2) is 0 Å². The Labute approximate surface area is 148 Å². The molecule has 0 saturated carbocycles. The molecular weight excluding hydrogens is 316 g/mol. The van der Waals surface area contributed by atoms with Crippen molar-refractivity contribution in [3.63, 3.8) is 0 Å². The standard InChI is InChI=1S/C18H24N6O/c1-23(2)17-9-16(21-13-22-17)8-14-10-20-6-7-24(12-14)18(25)15-4-3-5-19-11-15/h3-5,9,11,13-14,20H,6-8,10,12H2,1-2H3/t14-/m0/s1. The highest BCUT2D eigenvalue weighted by Gasteiger charge is 2.23. The number of hydrogen-bond donors (Lipinski definition) is 1. The van der Waals surface area contributed by atoms with Gasteiger partial charge in [-0.2, -0.15) is 0 Å². The summed E-state index contributed by atoms with van der Waals surface area (Å²) in [6.07, 6.45) is 5.73. The number of pyridine rings is 1. The molecule has 132 valence electrons. The molecule has 0 aromatic carbocycles. The number of anilines is 1. The zero-order valence-electron chi connectivity index (χ0n) is 14.7. The van der Waals surface area contributed by atoms with Crippen LogP contribution in [0.5, 0.6) is 0 Å². The number of carbonyl (C=O) groups is 1. The fourth-order valence-corrected chi connectivity index (χ4v) is 3.02. The maximum absolute atomic E-state index is 12.7. The number of aromatic nitrogens is 3. The molecule has 1 atom stereocenters. The Balaban J connectivity index is 1.70. The number of amides is 1. The smallest absolute Gasteiger partial charge is 0.255 e. The SMILES string of the molecule is CN(C)c1cc(C[C@H]2CNCCN(C(=O)c3cccnc3)C2)ncn1. The highest BCUT2D eigenvalue weighted by molar-refractivity contribution is 5.93. The third kappa shape index (κ3) is 4.51. The van der Waals surface area contributed by atoms with Gasteiger partial charge in [0, 0.05) is 64.4 Å². The maximum Gasteiger partial charge on any atom is 0.255 e.